The van der Waals surface area contributed by atoms with Crippen LogP contribution in [0.2, 0.25) is 0 Å². The average Bonchev–Trinajstić information content (AvgIpc) is 2.18. The largest absolute Gasteiger partial charge is 0.240 e. The van der Waals surface area contributed by atoms with Gasteiger partial charge in [0, 0.05) is 10.1 Å². The Balaban J connectivity index is 2.77. The van der Waals surface area contributed by atoms with E-state index in [2.05, 4.69) is 27.3 Å². The molecule has 0 saturated heterocycles. The standard InChI is InChI=1S/C10H14INO2S/c1-2-3-7-12-15(13,14)10-6-4-5-9(11)8-10/h4-6,8,12H,2-3,7H2,1H3. The van der Waals surface area contributed by atoms with Gasteiger partial charge in [-0.15, -0.1) is 0 Å². The first-order valence-electron chi connectivity index (χ1n) is 4.81. The predicted molar refractivity (Wildman–Crippen MR) is 69.3 cm³/mol. The van der Waals surface area contributed by atoms with E-state index in [1.807, 2.05) is 13.0 Å². The van der Waals surface area contributed by atoms with Gasteiger partial charge in [-0.3, -0.25) is 0 Å². The first-order valence-corrected chi connectivity index (χ1v) is 7.37. The minimum atomic E-state index is -3.31. The fraction of sp³-hybridized carbons (Fsp3) is 0.400. The normalized spacial score (nSPS) is 11.6. The second-order valence-corrected chi connectivity index (χ2v) is 6.22. The maximum absolute atomic E-state index is 11.7. The Labute approximate surface area is 104 Å². The van der Waals surface area contributed by atoms with Crippen molar-refractivity contribution in [3.63, 3.8) is 0 Å². The Bertz CT molecular complexity index is 417. The summed E-state index contributed by atoms with van der Waals surface area (Å²) in [6.45, 7) is 2.53. The lowest BCUT2D eigenvalue weighted by atomic mass is 10.3. The maximum Gasteiger partial charge on any atom is 0.240 e. The molecular weight excluding hydrogens is 325 g/mol. The van der Waals surface area contributed by atoms with Crippen molar-refractivity contribution in [2.24, 2.45) is 0 Å². The summed E-state index contributed by atoms with van der Waals surface area (Å²) in [5, 5.41) is 0. The number of nitrogens with one attached hydrogen (secondary N) is 1. The number of halogens is 1. The van der Waals surface area contributed by atoms with Crippen molar-refractivity contribution in [2.75, 3.05) is 6.54 Å². The van der Waals surface area contributed by atoms with Crippen LogP contribution in [0.3, 0.4) is 0 Å². The Hall–Kier alpha value is -0.140. The summed E-state index contributed by atoms with van der Waals surface area (Å²) in [5.74, 6) is 0. The van der Waals surface area contributed by atoms with Gasteiger partial charge < -0.3 is 0 Å². The molecule has 0 bridgehead atoms. The van der Waals surface area contributed by atoms with Crippen LogP contribution in [0, 0.1) is 3.57 Å². The van der Waals surface area contributed by atoms with Crippen LogP contribution in [-0.4, -0.2) is 15.0 Å². The van der Waals surface area contributed by atoms with Gasteiger partial charge in [-0.05, 0) is 47.2 Å². The average molecular weight is 339 g/mol. The number of hydrogen-bond acceptors (Lipinski definition) is 2. The zero-order chi connectivity index (χ0) is 11.3. The lowest BCUT2D eigenvalue weighted by molar-refractivity contribution is 0.578. The highest BCUT2D eigenvalue weighted by Crippen LogP contribution is 2.12. The minimum absolute atomic E-state index is 0.338. The van der Waals surface area contributed by atoms with Gasteiger partial charge in [0.25, 0.3) is 0 Å². The van der Waals surface area contributed by atoms with E-state index in [0.29, 0.717) is 11.4 Å². The van der Waals surface area contributed by atoms with Crippen LogP contribution in [0.5, 0.6) is 0 Å². The molecule has 0 aliphatic rings. The molecule has 0 saturated carbocycles. The molecular formula is C10H14INO2S. The third-order valence-corrected chi connectivity index (χ3v) is 4.06. The zero-order valence-electron chi connectivity index (χ0n) is 8.53. The summed E-state index contributed by atoms with van der Waals surface area (Å²) in [6.07, 6.45) is 1.85. The topological polar surface area (TPSA) is 46.2 Å². The second-order valence-electron chi connectivity index (χ2n) is 3.21. The highest BCUT2D eigenvalue weighted by molar-refractivity contribution is 14.1. The van der Waals surface area contributed by atoms with Gasteiger partial charge >= 0.3 is 0 Å². The minimum Gasteiger partial charge on any atom is -0.211 e. The number of sulfonamides is 1. The molecule has 0 aliphatic heterocycles. The highest BCUT2D eigenvalue weighted by atomic mass is 127. The summed E-state index contributed by atoms with van der Waals surface area (Å²) in [7, 11) is -3.31. The van der Waals surface area contributed by atoms with Crippen LogP contribution < -0.4 is 4.72 Å². The van der Waals surface area contributed by atoms with E-state index in [9.17, 15) is 8.42 Å². The second kappa shape index (κ2) is 5.81. The van der Waals surface area contributed by atoms with Crippen molar-refractivity contribution >= 4 is 32.6 Å². The fourth-order valence-corrected chi connectivity index (χ4v) is 2.97. The van der Waals surface area contributed by atoms with E-state index in [1.54, 1.807) is 18.2 Å². The molecule has 0 spiro atoms. The van der Waals surface area contributed by atoms with Crippen LogP contribution in [0.25, 0.3) is 0 Å². The number of unbranched alkanes of at least 4 members (excludes halogenated alkanes) is 1. The smallest absolute Gasteiger partial charge is 0.211 e. The van der Waals surface area contributed by atoms with Crippen LogP contribution in [0.15, 0.2) is 29.2 Å². The monoisotopic (exact) mass is 339 g/mol. The molecule has 0 atom stereocenters. The van der Waals surface area contributed by atoms with Gasteiger partial charge in [0.15, 0.2) is 0 Å². The zero-order valence-corrected chi connectivity index (χ0v) is 11.5. The molecule has 1 rings (SSSR count). The highest BCUT2D eigenvalue weighted by Gasteiger charge is 2.12. The van der Waals surface area contributed by atoms with Gasteiger partial charge in [-0.2, -0.15) is 0 Å². The molecule has 0 amide bonds. The van der Waals surface area contributed by atoms with Crippen LogP contribution in [-0.2, 0) is 10.0 Å². The number of rotatable bonds is 5. The van der Waals surface area contributed by atoms with E-state index in [1.165, 1.54) is 0 Å². The molecule has 0 unspecified atom stereocenters. The van der Waals surface area contributed by atoms with E-state index >= 15 is 0 Å². The molecule has 15 heavy (non-hydrogen) atoms. The van der Waals surface area contributed by atoms with Crippen molar-refractivity contribution in [3.8, 4) is 0 Å². The molecule has 0 radical (unpaired) electrons. The lowest BCUT2D eigenvalue weighted by Gasteiger charge is -2.05. The van der Waals surface area contributed by atoms with E-state index in [4.69, 9.17) is 0 Å². The van der Waals surface area contributed by atoms with Crippen LogP contribution in [0.4, 0.5) is 0 Å². The molecule has 5 heteroatoms. The first kappa shape index (κ1) is 12.9. The number of benzene rings is 1. The third kappa shape index (κ3) is 4.08. The number of hydrogen-bond donors (Lipinski definition) is 1. The van der Waals surface area contributed by atoms with Crippen molar-refractivity contribution in [2.45, 2.75) is 24.7 Å². The Morgan fingerprint density at radius 2 is 2.13 bits per heavy atom. The Morgan fingerprint density at radius 1 is 1.40 bits per heavy atom. The molecule has 0 aromatic heterocycles. The predicted octanol–water partition coefficient (Wildman–Crippen LogP) is 2.37. The molecule has 0 aliphatic carbocycles. The van der Waals surface area contributed by atoms with Gasteiger partial charge in [-0.1, -0.05) is 19.4 Å². The van der Waals surface area contributed by atoms with Crippen molar-refractivity contribution < 1.29 is 8.42 Å². The molecule has 0 heterocycles. The van der Waals surface area contributed by atoms with Crippen molar-refractivity contribution in [1.29, 1.82) is 0 Å². The van der Waals surface area contributed by atoms with Crippen molar-refractivity contribution in [3.05, 3.63) is 27.8 Å². The summed E-state index contributed by atoms with van der Waals surface area (Å²) in [4.78, 5) is 0.338. The fourth-order valence-electron chi connectivity index (χ4n) is 1.10. The van der Waals surface area contributed by atoms with Gasteiger partial charge in [0.2, 0.25) is 10.0 Å². The summed E-state index contributed by atoms with van der Waals surface area (Å²) < 4.78 is 27.0. The van der Waals surface area contributed by atoms with Gasteiger partial charge in [0.05, 0.1) is 4.90 Å². The van der Waals surface area contributed by atoms with Crippen LogP contribution in [0.1, 0.15) is 19.8 Å². The summed E-state index contributed by atoms with van der Waals surface area (Å²) in [6, 6.07) is 6.88. The quantitative estimate of drug-likeness (QED) is 0.661. The summed E-state index contributed by atoms with van der Waals surface area (Å²) in [5.41, 5.74) is 0. The SMILES string of the molecule is CCCCNS(=O)(=O)c1cccc(I)c1. The summed E-state index contributed by atoms with van der Waals surface area (Å²) >= 11 is 2.10. The molecule has 1 N–H and O–H groups in total. The van der Waals surface area contributed by atoms with E-state index in [-0.39, 0.29) is 0 Å². The van der Waals surface area contributed by atoms with Crippen LogP contribution >= 0.6 is 22.6 Å². The van der Waals surface area contributed by atoms with Gasteiger partial charge in [-0.25, -0.2) is 13.1 Å². The molecule has 84 valence electrons. The Kier molecular flexibility index (Phi) is 5.01. The van der Waals surface area contributed by atoms with E-state index in [0.717, 1.165) is 16.4 Å². The molecule has 1 aromatic rings. The molecule has 0 fully saturated rings. The molecule has 3 nitrogen and oxygen atoms in total. The van der Waals surface area contributed by atoms with Gasteiger partial charge in [0.1, 0.15) is 0 Å². The van der Waals surface area contributed by atoms with Crippen molar-refractivity contribution in [1.82, 2.24) is 4.72 Å². The lowest BCUT2D eigenvalue weighted by Crippen LogP contribution is -2.24. The third-order valence-electron chi connectivity index (χ3n) is 1.93. The van der Waals surface area contributed by atoms with E-state index < -0.39 is 10.0 Å². The molecule has 1 aromatic carbocycles. The first-order chi connectivity index (χ1) is 7.06. The Morgan fingerprint density at radius 3 is 2.73 bits per heavy atom. The maximum atomic E-state index is 11.7.